The van der Waals surface area contributed by atoms with Gasteiger partial charge in [-0.3, -0.25) is 25.7 Å². The maximum atomic E-state index is 9.00. The first kappa shape index (κ1) is 32.5. The number of hydrogen-bond donors (Lipinski definition) is 7. The molecule has 0 aromatic rings. The molecule has 0 bridgehead atoms. The van der Waals surface area contributed by atoms with E-state index in [1.807, 2.05) is 0 Å². The molecule has 126 valence electrons. The van der Waals surface area contributed by atoms with Crippen molar-refractivity contribution in [3.8, 4) is 0 Å². The fourth-order valence-electron chi connectivity index (χ4n) is 0.425. The molecular formula is C10H27CaN3O7. The Bertz CT molecular complexity index is 210. The minimum absolute atomic E-state index is 0. The number of carboxylic acid groups (broad SMARTS) is 3. The van der Waals surface area contributed by atoms with Gasteiger partial charge in [0.15, 0.2) is 0 Å². The first-order chi connectivity index (χ1) is 9.04. The average Bonchev–Trinajstić information content (AvgIpc) is 2.23. The third kappa shape index (κ3) is 141. The van der Waals surface area contributed by atoms with Crippen molar-refractivity contribution in [1.82, 2.24) is 5.43 Å². The van der Waals surface area contributed by atoms with E-state index in [1.54, 1.807) is 0 Å². The van der Waals surface area contributed by atoms with Gasteiger partial charge in [-0.05, 0) is 6.42 Å². The Balaban J connectivity index is -0.0000000570. The van der Waals surface area contributed by atoms with Gasteiger partial charge in [0.25, 0.3) is 17.9 Å². The molecule has 9 N–H and O–H groups in total. The second-order valence-corrected chi connectivity index (χ2v) is 3.17. The predicted octanol–water partition coefficient (Wildman–Crippen LogP) is -2.48. The van der Waals surface area contributed by atoms with Crippen molar-refractivity contribution >= 4 is 55.6 Å². The summed E-state index contributed by atoms with van der Waals surface area (Å²) < 4.78 is 0. The summed E-state index contributed by atoms with van der Waals surface area (Å²) in [6, 6.07) is 0.0556. The molecule has 11 heteroatoms. The molecule has 0 spiro atoms. The molecule has 1 atom stereocenters. The summed E-state index contributed by atoms with van der Waals surface area (Å²) >= 11 is 0. The average molecular weight is 341 g/mol. The molecule has 0 aliphatic carbocycles. The van der Waals surface area contributed by atoms with Crippen LogP contribution in [0.15, 0.2) is 0 Å². The molecule has 10 nitrogen and oxygen atoms in total. The summed E-state index contributed by atoms with van der Waals surface area (Å²) in [5, 5.41) is 30.6. The number of aliphatic hydroxyl groups is 1. The van der Waals surface area contributed by atoms with Crippen LogP contribution in [0, 0.1) is 0 Å². The van der Waals surface area contributed by atoms with Crippen molar-refractivity contribution in [3.63, 3.8) is 0 Å². The van der Waals surface area contributed by atoms with Crippen LogP contribution < -0.4 is 17.0 Å². The van der Waals surface area contributed by atoms with Gasteiger partial charge < -0.3 is 26.2 Å². The Labute approximate surface area is 153 Å². The van der Waals surface area contributed by atoms with Crippen LogP contribution in [0.2, 0.25) is 0 Å². The fourth-order valence-corrected chi connectivity index (χ4v) is 0.425. The van der Waals surface area contributed by atoms with E-state index in [1.165, 1.54) is 0 Å². The molecule has 0 saturated heterocycles. The van der Waals surface area contributed by atoms with Crippen LogP contribution in [0.4, 0.5) is 0 Å². The zero-order valence-electron chi connectivity index (χ0n) is 11.9. The number of aliphatic carboxylic acids is 3. The minimum atomic E-state index is -0.833. The number of carboxylic acids is 3. The number of nitrogens with one attached hydrogen (secondary N) is 1. The second kappa shape index (κ2) is 27.8. The van der Waals surface area contributed by atoms with Crippen LogP contribution in [0.5, 0.6) is 0 Å². The molecule has 0 radical (unpaired) electrons. The molecule has 0 aliphatic rings. The maximum absolute atomic E-state index is 9.00. The van der Waals surface area contributed by atoms with Crippen LogP contribution in [-0.4, -0.2) is 95.3 Å². The van der Waals surface area contributed by atoms with E-state index < -0.39 is 17.9 Å². The van der Waals surface area contributed by atoms with E-state index in [9.17, 15) is 0 Å². The van der Waals surface area contributed by atoms with Gasteiger partial charge in [0.1, 0.15) is 0 Å². The van der Waals surface area contributed by atoms with Crippen molar-refractivity contribution in [2.24, 2.45) is 11.6 Å². The summed E-state index contributed by atoms with van der Waals surface area (Å²) in [4.78, 5) is 27.0. The molecule has 21 heavy (non-hydrogen) atoms. The summed E-state index contributed by atoms with van der Waals surface area (Å²) in [7, 11) is 0. The molecular weight excluding hydrogens is 314 g/mol. The Morgan fingerprint density at radius 1 is 1.00 bits per heavy atom. The van der Waals surface area contributed by atoms with Crippen molar-refractivity contribution < 1.29 is 34.8 Å². The van der Waals surface area contributed by atoms with E-state index in [2.05, 4.69) is 5.43 Å². The van der Waals surface area contributed by atoms with Gasteiger partial charge in [-0.2, -0.15) is 0 Å². The normalized spacial score (nSPS) is 8.86. The van der Waals surface area contributed by atoms with Crippen LogP contribution in [0.3, 0.4) is 0 Å². The van der Waals surface area contributed by atoms with Crippen LogP contribution in [0.1, 0.15) is 27.2 Å². The molecule has 0 fully saturated rings. The van der Waals surface area contributed by atoms with Gasteiger partial charge in [0.05, 0.1) is 0 Å². The summed E-state index contributed by atoms with van der Waals surface area (Å²) in [5.41, 5.74) is 7.68. The van der Waals surface area contributed by atoms with Gasteiger partial charge in [0.2, 0.25) is 0 Å². The first-order valence-corrected chi connectivity index (χ1v) is 5.40. The second-order valence-electron chi connectivity index (χ2n) is 3.17. The van der Waals surface area contributed by atoms with Crippen LogP contribution >= 0.6 is 0 Å². The van der Waals surface area contributed by atoms with Gasteiger partial charge in [-0.15, -0.1) is 0 Å². The predicted molar refractivity (Wildman–Crippen MR) is 80.3 cm³/mol. The van der Waals surface area contributed by atoms with Gasteiger partial charge in [-0.25, -0.2) is 0 Å². The summed E-state index contributed by atoms with van der Waals surface area (Å²) in [6.45, 7) is 3.85. The number of hydrazine groups is 1. The molecule has 0 heterocycles. The number of carbonyl (C=O) groups is 3. The van der Waals surface area contributed by atoms with Gasteiger partial charge in [0, 0.05) is 40.0 Å². The Morgan fingerprint density at radius 2 is 1.24 bits per heavy atom. The standard InChI is InChI=1S/C4H13N3O.3C2H4O2.Ca.2H/c5-3-4(7-6)1-2-8;3*1-2(3)4;;;/h4,7-8H,1-3,5-6H2;3*1H3,(H,3,4);;;. The monoisotopic (exact) mass is 341 g/mol. The van der Waals surface area contributed by atoms with E-state index in [-0.39, 0.29) is 50.4 Å². The molecule has 1 unspecified atom stereocenters. The topological polar surface area (TPSA) is 196 Å². The zero-order chi connectivity index (χ0) is 17.1. The molecule has 0 aliphatic heterocycles. The Kier molecular flexibility index (Phi) is 42.9. The third-order valence-electron chi connectivity index (χ3n) is 0.998. The van der Waals surface area contributed by atoms with E-state index >= 15 is 0 Å². The van der Waals surface area contributed by atoms with E-state index in [0.717, 1.165) is 20.8 Å². The van der Waals surface area contributed by atoms with Crippen LogP contribution in [0.25, 0.3) is 0 Å². The number of hydrogen-bond acceptors (Lipinski definition) is 7. The van der Waals surface area contributed by atoms with Gasteiger partial charge >= 0.3 is 37.7 Å². The van der Waals surface area contributed by atoms with E-state index in [4.69, 9.17) is 46.4 Å². The number of rotatable bonds is 4. The first-order valence-electron chi connectivity index (χ1n) is 5.40. The van der Waals surface area contributed by atoms with E-state index in [0.29, 0.717) is 13.0 Å². The van der Waals surface area contributed by atoms with Crippen LogP contribution in [-0.2, 0) is 14.4 Å². The SMILES string of the molecule is CC(=O)O.CC(=O)O.CC(=O)O.NCC(CCO)NN.[CaH2]. The van der Waals surface area contributed by atoms with Crippen molar-refractivity contribution in [2.45, 2.75) is 33.2 Å². The molecule has 0 aromatic heterocycles. The molecule has 0 aromatic carbocycles. The number of aliphatic hydroxyl groups excluding tert-OH is 1. The summed E-state index contributed by atoms with van der Waals surface area (Å²) in [5.74, 6) is 2.53. The molecule has 0 amide bonds. The fraction of sp³-hybridized carbons (Fsp3) is 0.700. The van der Waals surface area contributed by atoms with Crippen molar-refractivity contribution in [3.05, 3.63) is 0 Å². The quantitative estimate of drug-likeness (QED) is 0.163. The van der Waals surface area contributed by atoms with Crippen molar-refractivity contribution in [2.75, 3.05) is 13.2 Å². The molecule has 0 saturated carbocycles. The zero-order valence-corrected chi connectivity index (χ0v) is 11.9. The Hall–Kier alpha value is -0.490. The van der Waals surface area contributed by atoms with Crippen molar-refractivity contribution in [1.29, 1.82) is 0 Å². The van der Waals surface area contributed by atoms with Gasteiger partial charge in [-0.1, -0.05) is 0 Å². The Morgan fingerprint density at radius 3 is 1.29 bits per heavy atom. The molecule has 0 rings (SSSR count). The summed E-state index contributed by atoms with van der Waals surface area (Å²) in [6.07, 6.45) is 0.618. The third-order valence-corrected chi connectivity index (χ3v) is 0.998. The number of nitrogens with two attached hydrogens (primary N) is 2.